The van der Waals surface area contributed by atoms with Gasteiger partial charge in [0.1, 0.15) is 5.75 Å². The van der Waals surface area contributed by atoms with E-state index in [0.717, 1.165) is 30.6 Å². The molecule has 8 heteroatoms. The number of carboxylic acids is 1. The molecule has 1 aliphatic rings. The van der Waals surface area contributed by atoms with Crippen molar-refractivity contribution >= 4 is 11.9 Å². The number of likely N-dealkylation sites (tertiary alicyclic amines) is 1. The van der Waals surface area contributed by atoms with Crippen molar-refractivity contribution in [3.63, 3.8) is 0 Å². The summed E-state index contributed by atoms with van der Waals surface area (Å²) in [5.74, 6) is -4.67. The first kappa shape index (κ1) is 27.8. The van der Waals surface area contributed by atoms with Crippen molar-refractivity contribution in [3.8, 4) is 5.75 Å². The number of methoxy groups -OCH3 is 1. The van der Waals surface area contributed by atoms with E-state index in [9.17, 15) is 23.5 Å². The van der Waals surface area contributed by atoms with Crippen LogP contribution in [-0.2, 0) is 16.0 Å². The number of alkyl halides is 2. The molecule has 1 saturated heterocycles. The summed E-state index contributed by atoms with van der Waals surface area (Å²) >= 11 is 0. The number of aliphatic hydroxyl groups is 1. The summed E-state index contributed by atoms with van der Waals surface area (Å²) in [6.07, 6.45) is 6.69. The van der Waals surface area contributed by atoms with E-state index < -0.39 is 36.4 Å². The molecule has 0 spiro atoms. The Hall–Kier alpha value is -2.48. The van der Waals surface area contributed by atoms with Crippen LogP contribution in [0.25, 0.3) is 0 Å². The van der Waals surface area contributed by atoms with E-state index in [1.54, 1.807) is 7.11 Å². The van der Waals surface area contributed by atoms with Crippen LogP contribution >= 0.6 is 0 Å². The minimum atomic E-state index is -3.40. The summed E-state index contributed by atoms with van der Waals surface area (Å²) < 4.78 is 33.4. The fourth-order valence-electron chi connectivity index (χ4n) is 4.23. The summed E-state index contributed by atoms with van der Waals surface area (Å²) in [6.45, 7) is 2.12. The van der Waals surface area contributed by atoms with Crippen LogP contribution in [0.1, 0.15) is 63.9 Å². The number of aliphatic hydroxyl groups excluding tert-OH is 1. The van der Waals surface area contributed by atoms with E-state index in [4.69, 9.17) is 9.84 Å². The normalized spacial score (nSPS) is 19.5. The van der Waals surface area contributed by atoms with Crippen LogP contribution in [0.2, 0.25) is 0 Å². The van der Waals surface area contributed by atoms with E-state index in [1.165, 1.54) is 17.1 Å². The molecule has 0 aromatic heterocycles. The fraction of sp³-hybridized carbons (Fsp3) is 0.615. The number of hydrogen-bond donors (Lipinski definition) is 2. The predicted octanol–water partition coefficient (Wildman–Crippen LogP) is 4.84. The molecule has 1 amide bonds. The Morgan fingerprint density at radius 3 is 2.71 bits per heavy atom. The average Bonchev–Trinajstić information content (AvgIpc) is 3.02. The number of amides is 1. The number of aryl methyl sites for hydroxylation is 1. The number of unbranched alkanes of at least 4 members (excludes halogenated alkanes) is 3. The molecule has 1 fully saturated rings. The molecule has 34 heavy (non-hydrogen) atoms. The molecular formula is C26H37F2NO5. The molecule has 0 bridgehead atoms. The Bertz CT molecular complexity index is 829. The van der Waals surface area contributed by atoms with Crippen LogP contribution in [0.3, 0.4) is 0 Å². The standard InChI is InChI=1S/C26H37F2NO5/c1-19(9-7-10-20-11-8-12-22(17-20)34-2)23(30)15-14-21-18-26(27,28)25(33)29(21)16-6-4-3-5-13-24(31)32/h8,11-12,14-15,17,19,21,23,30H,3-7,9-10,13,16,18H2,1-2H3,(H,31,32)/t19-,21-,23-/m0/s1. The van der Waals surface area contributed by atoms with E-state index in [1.807, 2.05) is 31.2 Å². The maximum atomic E-state index is 14.1. The Labute approximate surface area is 200 Å². The minimum Gasteiger partial charge on any atom is -0.497 e. The lowest BCUT2D eigenvalue weighted by atomic mass is 9.95. The summed E-state index contributed by atoms with van der Waals surface area (Å²) in [7, 11) is 1.63. The van der Waals surface area contributed by atoms with Crippen molar-refractivity contribution in [1.29, 1.82) is 0 Å². The molecule has 1 heterocycles. The highest BCUT2D eigenvalue weighted by molar-refractivity contribution is 5.86. The third kappa shape index (κ3) is 8.70. The number of hydrogen-bond acceptors (Lipinski definition) is 4. The number of benzene rings is 1. The SMILES string of the molecule is COc1cccc(CCC[C@H](C)[C@@H](O)C=C[C@H]2CC(F)(F)C(=O)N2CCCCCCC(=O)O)c1. The number of ether oxygens (including phenoxy) is 1. The van der Waals surface area contributed by atoms with Crippen molar-refractivity contribution in [3.05, 3.63) is 42.0 Å². The van der Waals surface area contributed by atoms with Crippen molar-refractivity contribution in [2.45, 2.75) is 82.8 Å². The third-order valence-electron chi connectivity index (χ3n) is 6.35. The molecule has 1 aliphatic heterocycles. The Kier molecular flexibility index (Phi) is 11.0. The first-order valence-electron chi connectivity index (χ1n) is 12.0. The topological polar surface area (TPSA) is 87.1 Å². The van der Waals surface area contributed by atoms with Gasteiger partial charge in [-0.1, -0.05) is 44.1 Å². The summed E-state index contributed by atoms with van der Waals surface area (Å²) in [5.41, 5.74) is 1.15. The van der Waals surface area contributed by atoms with Gasteiger partial charge in [-0.3, -0.25) is 9.59 Å². The fourth-order valence-corrected chi connectivity index (χ4v) is 4.23. The zero-order chi connectivity index (χ0) is 25.1. The summed E-state index contributed by atoms with van der Waals surface area (Å²) in [6, 6.07) is 7.09. The largest absolute Gasteiger partial charge is 0.497 e. The molecule has 0 saturated carbocycles. The van der Waals surface area contributed by atoms with Gasteiger partial charge >= 0.3 is 11.9 Å². The van der Waals surface area contributed by atoms with Gasteiger partial charge in [-0.25, -0.2) is 0 Å². The van der Waals surface area contributed by atoms with Crippen molar-refractivity contribution in [1.82, 2.24) is 4.90 Å². The highest BCUT2D eigenvalue weighted by Gasteiger charge is 2.52. The average molecular weight is 482 g/mol. The number of aliphatic carboxylic acids is 1. The molecule has 2 N–H and O–H groups in total. The third-order valence-corrected chi connectivity index (χ3v) is 6.35. The summed E-state index contributed by atoms with van der Waals surface area (Å²) in [4.78, 5) is 23.9. The van der Waals surface area contributed by atoms with Crippen LogP contribution in [0.4, 0.5) is 8.78 Å². The van der Waals surface area contributed by atoms with Gasteiger partial charge in [0.05, 0.1) is 19.3 Å². The van der Waals surface area contributed by atoms with Crippen molar-refractivity contribution in [2.75, 3.05) is 13.7 Å². The van der Waals surface area contributed by atoms with Gasteiger partial charge < -0.3 is 19.8 Å². The van der Waals surface area contributed by atoms with Gasteiger partial charge in [0.25, 0.3) is 5.91 Å². The molecule has 3 atom stereocenters. The Morgan fingerprint density at radius 2 is 2.00 bits per heavy atom. The first-order chi connectivity index (χ1) is 16.1. The lowest BCUT2D eigenvalue weighted by Crippen LogP contribution is -2.36. The maximum Gasteiger partial charge on any atom is 0.327 e. The molecule has 1 aromatic carbocycles. The van der Waals surface area contributed by atoms with Gasteiger partial charge in [-0.2, -0.15) is 8.78 Å². The quantitative estimate of drug-likeness (QED) is 0.276. The second-order valence-electron chi connectivity index (χ2n) is 9.13. The molecule has 0 aliphatic carbocycles. The van der Waals surface area contributed by atoms with Crippen molar-refractivity contribution < 1.29 is 33.3 Å². The Balaban J connectivity index is 1.82. The van der Waals surface area contributed by atoms with E-state index in [2.05, 4.69) is 0 Å². The number of carbonyl (C=O) groups is 2. The maximum absolute atomic E-state index is 14.1. The van der Waals surface area contributed by atoms with Crippen molar-refractivity contribution in [2.24, 2.45) is 5.92 Å². The highest BCUT2D eigenvalue weighted by Crippen LogP contribution is 2.34. The zero-order valence-electron chi connectivity index (χ0n) is 20.1. The minimum absolute atomic E-state index is 0.0536. The van der Waals surface area contributed by atoms with Gasteiger partial charge in [0.2, 0.25) is 0 Å². The summed E-state index contributed by atoms with van der Waals surface area (Å²) in [5, 5.41) is 19.2. The van der Waals surface area contributed by atoms with Crippen LogP contribution in [0.5, 0.6) is 5.75 Å². The van der Waals surface area contributed by atoms with Crippen LogP contribution in [-0.4, -0.2) is 58.7 Å². The molecule has 2 rings (SSSR count). The molecule has 0 unspecified atom stereocenters. The van der Waals surface area contributed by atoms with Crippen LogP contribution < -0.4 is 4.74 Å². The monoisotopic (exact) mass is 481 g/mol. The number of carbonyl (C=O) groups excluding carboxylic acids is 1. The van der Waals surface area contributed by atoms with Crippen LogP contribution in [0, 0.1) is 5.92 Å². The highest BCUT2D eigenvalue weighted by atomic mass is 19.3. The lowest BCUT2D eigenvalue weighted by Gasteiger charge is -2.22. The molecule has 190 valence electrons. The van der Waals surface area contributed by atoms with Gasteiger partial charge in [-0.15, -0.1) is 0 Å². The number of halogens is 2. The second-order valence-corrected chi connectivity index (χ2v) is 9.13. The molecule has 0 radical (unpaired) electrons. The van der Waals surface area contributed by atoms with Gasteiger partial charge in [0, 0.05) is 19.4 Å². The molecule has 6 nitrogen and oxygen atoms in total. The van der Waals surface area contributed by atoms with E-state index >= 15 is 0 Å². The predicted molar refractivity (Wildman–Crippen MR) is 126 cm³/mol. The second kappa shape index (κ2) is 13.4. The van der Waals surface area contributed by atoms with E-state index in [0.29, 0.717) is 25.7 Å². The molecular weight excluding hydrogens is 444 g/mol. The lowest BCUT2D eigenvalue weighted by molar-refractivity contribution is -0.148. The Morgan fingerprint density at radius 1 is 1.26 bits per heavy atom. The smallest absolute Gasteiger partial charge is 0.327 e. The number of carboxylic acid groups (broad SMARTS) is 1. The van der Waals surface area contributed by atoms with Crippen LogP contribution in [0.15, 0.2) is 36.4 Å². The number of nitrogens with zero attached hydrogens (tertiary/aromatic N) is 1. The van der Waals surface area contributed by atoms with Gasteiger partial charge in [-0.05, 0) is 55.7 Å². The zero-order valence-corrected chi connectivity index (χ0v) is 20.1. The van der Waals surface area contributed by atoms with E-state index in [-0.39, 0.29) is 18.9 Å². The van der Waals surface area contributed by atoms with Gasteiger partial charge in [0.15, 0.2) is 0 Å². The first-order valence-corrected chi connectivity index (χ1v) is 12.0. The molecule has 1 aromatic rings. The number of rotatable bonds is 15.